The predicted molar refractivity (Wildman–Crippen MR) is 104 cm³/mol. The number of rotatable bonds is 11. The lowest BCUT2D eigenvalue weighted by molar-refractivity contribution is 0.169. The highest BCUT2D eigenvalue weighted by Gasteiger charge is 1.94. The van der Waals surface area contributed by atoms with E-state index in [2.05, 4.69) is 45.9 Å². The van der Waals surface area contributed by atoms with Gasteiger partial charge in [0.05, 0.1) is 0 Å². The molecule has 3 heteroatoms. The summed E-state index contributed by atoms with van der Waals surface area (Å²) in [5.74, 6) is 0. The highest BCUT2D eigenvalue weighted by atomic mass is 16.5. The minimum absolute atomic E-state index is 0.265. The summed E-state index contributed by atoms with van der Waals surface area (Å²) in [5, 5.41) is 0. The largest absolute Gasteiger partial charge is 0.445 e. The molecule has 0 aliphatic carbocycles. The lowest BCUT2D eigenvalue weighted by Crippen LogP contribution is -2.12. The van der Waals surface area contributed by atoms with Gasteiger partial charge in [-0.05, 0) is 79.2 Å². The normalized spacial score (nSPS) is 13.0. The van der Waals surface area contributed by atoms with Crippen LogP contribution in [-0.4, -0.2) is 12.7 Å². The van der Waals surface area contributed by atoms with Crippen LogP contribution in [0.25, 0.3) is 0 Å². The molecule has 1 amide bonds. The van der Waals surface area contributed by atoms with Crippen molar-refractivity contribution in [3.8, 4) is 0 Å². The summed E-state index contributed by atoms with van der Waals surface area (Å²) >= 11 is 0. The highest BCUT2D eigenvalue weighted by Crippen LogP contribution is 2.13. The Kier molecular flexibility index (Phi) is 12.6. The van der Waals surface area contributed by atoms with Crippen LogP contribution in [0.2, 0.25) is 0 Å². The second kappa shape index (κ2) is 13.6. The van der Waals surface area contributed by atoms with Crippen LogP contribution in [0.5, 0.6) is 0 Å². The van der Waals surface area contributed by atoms with E-state index >= 15 is 0 Å². The van der Waals surface area contributed by atoms with Crippen molar-refractivity contribution in [1.29, 1.82) is 0 Å². The summed E-state index contributed by atoms with van der Waals surface area (Å²) in [6.07, 6.45) is 14.7. The van der Waals surface area contributed by atoms with E-state index in [0.29, 0.717) is 0 Å². The van der Waals surface area contributed by atoms with Gasteiger partial charge in [0.1, 0.15) is 6.61 Å². The third-order valence-corrected chi connectivity index (χ3v) is 3.81. The Morgan fingerprint density at radius 2 is 1.17 bits per heavy atom. The monoisotopic (exact) mass is 333 g/mol. The number of amides is 1. The predicted octanol–water partition coefficient (Wildman–Crippen LogP) is 6.23. The molecule has 0 unspecified atom stereocenters. The zero-order valence-electron chi connectivity index (χ0n) is 16.2. The number of hydrogen-bond donors (Lipinski definition) is 1. The maximum atomic E-state index is 10.5. The molecule has 0 bridgehead atoms. The Balaban J connectivity index is 3.98. The van der Waals surface area contributed by atoms with Crippen LogP contribution in [0.3, 0.4) is 0 Å². The number of carbonyl (C=O) groups is 1. The number of primary amides is 1. The molecule has 0 aromatic carbocycles. The maximum Gasteiger partial charge on any atom is 0.404 e. The quantitative estimate of drug-likeness (QED) is 0.456. The van der Waals surface area contributed by atoms with E-state index in [-0.39, 0.29) is 6.61 Å². The van der Waals surface area contributed by atoms with Gasteiger partial charge in [-0.25, -0.2) is 4.79 Å². The standard InChI is InChI=1S/C21H35NO2/c1-17(2)9-6-10-18(3)11-7-12-19(4)13-8-14-20(5)15-16-24-21(22)23/h9,11,13,15H,6-8,10,12,14,16H2,1-5H3,(H2,22,23)/b18-11+,19-13+,20-15+. The van der Waals surface area contributed by atoms with E-state index in [0.717, 1.165) is 38.5 Å². The number of carbonyl (C=O) groups excluding carboxylic acids is 1. The van der Waals surface area contributed by atoms with Crippen molar-refractivity contribution >= 4 is 6.09 Å². The molecule has 3 nitrogen and oxygen atoms in total. The van der Waals surface area contributed by atoms with Crippen LogP contribution in [-0.2, 0) is 4.74 Å². The van der Waals surface area contributed by atoms with Crippen LogP contribution >= 0.6 is 0 Å². The zero-order valence-corrected chi connectivity index (χ0v) is 16.2. The van der Waals surface area contributed by atoms with Crippen LogP contribution < -0.4 is 5.73 Å². The molecule has 0 rings (SSSR count). The van der Waals surface area contributed by atoms with Gasteiger partial charge in [0.2, 0.25) is 0 Å². The molecule has 0 atom stereocenters. The molecule has 0 heterocycles. The van der Waals surface area contributed by atoms with Gasteiger partial charge in [-0.3, -0.25) is 0 Å². The first kappa shape index (κ1) is 22.2. The third kappa shape index (κ3) is 15.1. The third-order valence-electron chi connectivity index (χ3n) is 3.81. The number of allylic oxidation sites excluding steroid dienone is 7. The summed E-state index contributed by atoms with van der Waals surface area (Å²) in [6.45, 7) is 11.0. The van der Waals surface area contributed by atoms with E-state index in [9.17, 15) is 4.79 Å². The molecule has 0 aliphatic rings. The number of nitrogens with two attached hydrogens (primary N) is 1. The smallest absolute Gasteiger partial charge is 0.404 e. The van der Waals surface area contributed by atoms with E-state index in [1.54, 1.807) is 0 Å². The minimum atomic E-state index is -0.723. The van der Waals surface area contributed by atoms with Gasteiger partial charge < -0.3 is 10.5 Å². The van der Waals surface area contributed by atoms with Crippen LogP contribution in [0.15, 0.2) is 46.6 Å². The Morgan fingerprint density at radius 1 is 0.750 bits per heavy atom. The molecule has 0 saturated heterocycles. The minimum Gasteiger partial charge on any atom is -0.445 e. The molecule has 0 aliphatic heterocycles. The van der Waals surface area contributed by atoms with Crippen molar-refractivity contribution in [1.82, 2.24) is 0 Å². The van der Waals surface area contributed by atoms with E-state index < -0.39 is 6.09 Å². The van der Waals surface area contributed by atoms with Crippen LogP contribution in [0.1, 0.15) is 73.1 Å². The SMILES string of the molecule is CC(C)=CCC/C(C)=C/CC/C(C)=C/CC/C(C)=C/COC(N)=O. The summed E-state index contributed by atoms with van der Waals surface area (Å²) in [7, 11) is 0. The topological polar surface area (TPSA) is 52.3 Å². The van der Waals surface area contributed by atoms with Gasteiger partial charge in [0.25, 0.3) is 0 Å². The fourth-order valence-corrected chi connectivity index (χ4v) is 2.25. The molecule has 0 spiro atoms. The average Bonchev–Trinajstić information content (AvgIpc) is 2.46. The van der Waals surface area contributed by atoms with Crippen molar-refractivity contribution < 1.29 is 9.53 Å². The first-order valence-electron chi connectivity index (χ1n) is 8.83. The summed E-state index contributed by atoms with van der Waals surface area (Å²) in [4.78, 5) is 10.5. The van der Waals surface area contributed by atoms with Gasteiger partial charge in [-0.15, -0.1) is 0 Å². The molecule has 0 fully saturated rings. The molecule has 24 heavy (non-hydrogen) atoms. The molecule has 2 N–H and O–H groups in total. The summed E-state index contributed by atoms with van der Waals surface area (Å²) in [6, 6.07) is 0. The van der Waals surface area contributed by atoms with Crippen molar-refractivity contribution in [3.63, 3.8) is 0 Å². The Morgan fingerprint density at radius 3 is 1.58 bits per heavy atom. The Labute approximate surface area is 148 Å². The van der Waals surface area contributed by atoms with Crippen molar-refractivity contribution in [3.05, 3.63) is 46.6 Å². The van der Waals surface area contributed by atoms with Crippen LogP contribution in [0, 0.1) is 0 Å². The highest BCUT2D eigenvalue weighted by molar-refractivity contribution is 5.64. The average molecular weight is 334 g/mol. The Hall–Kier alpha value is -1.77. The second-order valence-corrected chi connectivity index (χ2v) is 6.68. The lowest BCUT2D eigenvalue weighted by Gasteiger charge is -2.03. The first-order chi connectivity index (χ1) is 11.3. The number of hydrogen-bond acceptors (Lipinski definition) is 2. The maximum absolute atomic E-state index is 10.5. The van der Waals surface area contributed by atoms with E-state index in [4.69, 9.17) is 10.5 Å². The van der Waals surface area contributed by atoms with Crippen LogP contribution in [0.4, 0.5) is 4.79 Å². The van der Waals surface area contributed by atoms with Crippen molar-refractivity contribution in [2.24, 2.45) is 5.73 Å². The molecule has 136 valence electrons. The summed E-state index contributed by atoms with van der Waals surface area (Å²) < 4.78 is 4.69. The van der Waals surface area contributed by atoms with Crippen molar-refractivity contribution in [2.75, 3.05) is 6.61 Å². The Bertz CT molecular complexity index is 492. The molecule has 0 aromatic rings. The molecule has 0 saturated carbocycles. The van der Waals surface area contributed by atoms with E-state index in [1.807, 2.05) is 13.0 Å². The number of ether oxygens (including phenoxy) is 1. The first-order valence-corrected chi connectivity index (χ1v) is 8.83. The van der Waals surface area contributed by atoms with E-state index in [1.165, 1.54) is 22.3 Å². The van der Waals surface area contributed by atoms with Crippen molar-refractivity contribution in [2.45, 2.75) is 73.1 Å². The summed E-state index contributed by atoms with van der Waals surface area (Å²) in [5.41, 5.74) is 10.4. The molecular weight excluding hydrogens is 298 g/mol. The lowest BCUT2D eigenvalue weighted by atomic mass is 10.0. The fraction of sp³-hybridized carbons (Fsp3) is 0.571. The second-order valence-electron chi connectivity index (χ2n) is 6.68. The molecule has 0 radical (unpaired) electrons. The van der Waals surface area contributed by atoms with Gasteiger partial charge >= 0.3 is 6.09 Å². The molecular formula is C21H35NO2. The van der Waals surface area contributed by atoms with Gasteiger partial charge in [0.15, 0.2) is 0 Å². The van der Waals surface area contributed by atoms with Gasteiger partial charge in [-0.2, -0.15) is 0 Å². The molecule has 0 aromatic heterocycles. The van der Waals surface area contributed by atoms with Gasteiger partial charge in [0, 0.05) is 0 Å². The fourth-order valence-electron chi connectivity index (χ4n) is 2.25. The zero-order chi connectivity index (χ0) is 18.4. The van der Waals surface area contributed by atoms with Gasteiger partial charge in [-0.1, -0.05) is 40.5 Å².